The lowest BCUT2D eigenvalue weighted by Gasteiger charge is -2.12. The van der Waals surface area contributed by atoms with E-state index >= 15 is 0 Å². The first-order valence-electron chi connectivity index (χ1n) is 7.32. The number of nitrogens with zero attached hydrogens (tertiary/aromatic N) is 2. The summed E-state index contributed by atoms with van der Waals surface area (Å²) in [6.07, 6.45) is 0.909. The van der Waals surface area contributed by atoms with Gasteiger partial charge in [-0.2, -0.15) is 0 Å². The number of oxime groups is 1. The molecular formula is C17H19BrN2OS. The van der Waals surface area contributed by atoms with Crippen molar-refractivity contribution in [2.75, 3.05) is 27.2 Å². The minimum atomic E-state index is 0.369. The largest absolute Gasteiger partial charge is 0.394 e. The summed E-state index contributed by atoms with van der Waals surface area (Å²) in [5, 5.41) is 6.54. The molecule has 3 nitrogen and oxygen atoms in total. The minimum Gasteiger partial charge on any atom is -0.394 e. The van der Waals surface area contributed by atoms with E-state index in [1.165, 1.54) is 16.0 Å². The molecule has 0 fully saturated rings. The van der Waals surface area contributed by atoms with Gasteiger partial charge in [-0.05, 0) is 42.7 Å². The molecule has 2 aromatic rings. The van der Waals surface area contributed by atoms with E-state index in [0.29, 0.717) is 12.5 Å². The van der Waals surface area contributed by atoms with Crippen LogP contribution in [-0.2, 0) is 4.84 Å². The molecule has 3 rings (SSSR count). The predicted octanol–water partition coefficient (Wildman–Crippen LogP) is 4.33. The standard InChI is InChI=1S/C17H19BrN2OS/c1-20(2)8-9-21-19-16-11-14(13-7-10-22-17(13)16)12-5-3-4-6-15(12)18/h3-7,10,14H,8-9,11H2,1-2H3. The molecule has 0 radical (unpaired) electrons. The molecule has 0 spiro atoms. The molecule has 1 aromatic heterocycles. The average Bonchev–Trinajstić information content (AvgIpc) is 3.07. The highest BCUT2D eigenvalue weighted by molar-refractivity contribution is 9.10. The highest BCUT2D eigenvalue weighted by atomic mass is 79.9. The maximum atomic E-state index is 5.51. The van der Waals surface area contributed by atoms with Gasteiger partial charge >= 0.3 is 0 Å². The Hall–Kier alpha value is -1.17. The Balaban J connectivity index is 1.80. The molecule has 5 heteroatoms. The fourth-order valence-electron chi connectivity index (χ4n) is 2.68. The number of hydrogen-bond acceptors (Lipinski definition) is 4. The van der Waals surface area contributed by atoms with Crippen LogP contribution >= 0.6 is 27.3 Å². The Kier molecular flexibility index (Phi) is 4.96. The summed E-state index contributed by atoms with van der Waals surface area (Å²) in [6.45, 7) is 1.50. The number of halogens is 1. The van der Waals surface area contributed by atoms with Gasteiger partial charge in [-0.25, -0.2) is 0 Å². The van der Waals surface area contributed by atoms with E-state index in [1.807, 2.05) is 14.1 Å². The van der Waals surface area contributed by atoms with E-state index < -0.39 is 0 Å². The third kappa shape index (κ3) is 3.26. The lowest BCUT2D eigenvalue weighted by Crippen LogP contribution is -2.17. The van der Waals surface area contributed by atoms with Gasteiger partial charge in [0.15, 0.2) is 0 Å². The number of fused-ring (bicyclic) bond motifs is 1. The van der Waals surface area contributed by atoms with Gasteiger partial charge in [0.25, 0.3) is 0 Å². The van der Waals surface area contributed by atoms with Crippen molar-refractivity contribution in [3.8, 4) is 0 Å². The fraction of sp³-hybridized carbons (Fsp3) is 0.353. The lowest BCUT2D eigenvalue weighted by molar-refractivity contribution is 0.126. The Bertz CT molecular complexity index is 681. The predicted molar refractivity (Wildman–Crippen MR) is 96.0 cm³/mol. The van der Waals surface area contributed by atoms with Crippen LogP contribution in [0.2, 0.25) is 0 Å². The van der Waals surface area contributed by atoms with E-state index in [1.54, 1.807) is 11.3 Å². The van der Waals surface area contributed by atoms with Gasteiger partial charge in [0, 0.05) is 23.4 Å². The first kappa shape index (κ1) is 15.7. The molecule has 0 N–H and O–H groups in total. The molecule has 1 heterocycles. The molecule has 1 atom stereocenters. The van der Waals surface area contributed by atoms with Crippen LogP contribution in [0, 0.1) is 0 Å². The second kappa shape index (κ2) is 6.94. The molecular weight excluding hydrogens is 360 g/mol. The van der Waals surface area contributed by atoms with Crippen molar-refractivity contribution in [1.29, 1.82) is 0 Å². The highest BCUT2D eigenvalue weighted by Crippen LogP contribution is 2.43. The third-order valence-corrected chi connectivity index (χ3v) is 5.52. The van der Waals surface area contributed by atoms with Crippen LogP contribution < -0.4 is 0 Å². The number of rotatable bonds is 5. The summed E-state index contributed by atoms with van der Waals surface area (Å²) in [7, 11) is 4.07. The first-order valence-corrected chi connectivity index (χ1v) is 9.00. The summed E-state index contributed by atoms with van der Waals surface area (Å²) in [6, 6.07) is 10.6. The smallest absolute Gasteiger partial charge is 0.129 e. The van der Waals surface area contributed by atoms with Crippen LogP contribution in [0.15, 0.2) is 45.3 Å². The van der Waals surface area contributed by atoms with E-state index in [9.17, 15) is 0 Å². The van der Waals surface area contributed by atoms with E-state index in [4.69, 9.17) is 4.84 Å². The molecule has 1 aliphatic rings. The third-order valence-electron chi connectivity index (χ3n) is 3.82. The maximum absolute atomic E-state index is 5.51. The normalized spacial score (nSPS) is 18.9. The molecule has 1 unspecified atom stereocenters. The molecule has 1 aromatic carbocycles. The van der Waals surface area contributed by atoms with Gasteiger partial charge in [-0.3, -0.25) is 0 Å². The van der Waals surface area contributed by atoms with Crippen LogP contribution in [0.5, 0.6) is 0 Å². The van der Waals surface area contributed by atoms with Gasteiger partial charge in [-0.1, -0.05) is 39.3 Å². The minimum absolute atomic E-state index is 0.369. The number of hydrogen-bond donors (Lipinski definition) is 0. The summed E-state index contributed by atoms with van der Waals surface area (Å²) < 4.78 is 1.16. The number of benzene rings is 1. The highest BCUT2D eigenvalue weighted by Gasteiger charge is 2.31. The Labute approximate surface area is 143 Å². The first-order chi connectivity index (χ1) is 10.7. The van der Waals surface area contributed by atoms with Crippen molar-refractivity contribution in [2.24, 2.45) is 5.16 Å². The summed E-state index contributed by atoms with van der Waals surface area (Å²) in [5.74, 6) is 0.369. The Morgan fingerprint density at radius 1 is 1.27 bits per heavy atom. The van der Waals surface area contributed by atoms with Gasteiger partial charge in [-0.15, -0.1) is 11.3 Å². The molecule has 0 saturated heterocycles. The van der Waals surface area contributed by atoms with Crippen LogP contribution in [-0.4, -0.2) is 37.9 Å². The van der Waals surface area contributed by atoms with Crippen molar-refractivity contribution in [3.63, 3.8) is 0 Å². The van der Waals surface area contributed by atoms with Crippen LogP contribution in [0.3, 0.4) is 0 Å². The molecule has 0 amide bonds. The summed E-state index contributed by atoms with van der Waals surface area (Å²) in [5.41, 5.74) is 3.76. The zero-order chi connectivity index (χ0) is 15.5. The second-order valence-electron chi connectivity index (χ2n) is 5.66. The second-order valence-corrected chi connectivity index (χ2v) is 7.43. The topological polar surface area (TPSA) is 24.8 Å². The molecule has 0 saturated carbocycles. The molecule has 22 heavy (non-hydrogen) atoms. The SMILES string of the molecule is CN(C)CCON=C1CC(c2ccccc2Br)c2ccsc21. The van der Waals surface area contributed by atoms with Crippen molar-refractivity contribution < 1.29 is 4.84 Å². The molecule has 0 aliphatic heterocycles. The molecule has 116 valence electrons. The molecule has 1 aliphatic carbocycles. The van der Waals surface area contributed by atoms with Gasteiger partial charge in [0.1, 0.15) is 6.61 Å². The van der Waals surface area contributed by atoms with Crippen molar-refractivity contribution in [3.05, 3.63) is 56.2 Å². The van der Waals surface area contributed by atoms with Crippen LogP contribution in [0.4, 0.5) is 0 Å². The zero-order valence-electron chi connectivity index (χ0n) is 12.8. The van der Waals surface area contributed by atoms with Gasteiger partial charge < -0.3 is 9.74 Å². The maximum Gasteiger partial charge on any atom is 0.129 e. The van der Waals surface area contributed by atoms with Gasteiger partial charge in [0.2, 0.25) is 0 Å². The Morgan fingerprint density at radius 3 is 2.86 bits per heavy atom. The quantitative estimate of drug-likeness (QED) is 0.571. The lowest BCUT2D eigenvalue weighted by atomic mass is 9.94. The summed E-state index contributed by atoms with van der Waals surface area (Å²) in [4.78, 5) is 8.87. The van der Waals surface area contributed by atoms with Crippen molar-refractivity contribution in [1.82, 2.24) is 4.90 Å². The molecule has 0 bridgehead atoms. The number of likely N-dealkylation sites (N-methyl/N-ethyl adjacent to an activating group) is 1. The number of thiophene rings is 1. The van der Waals surface area contributed by atoms with Crippen LogP contribution in [0.1, 0.15) is 28.3 Å². The zero-order valence-corrected chi connectivity index (χ0v) is 15.2. The van der Waals surface area contributed by atoms with E-state index in [-0.39, 0.29) is 0 Å². The fourth-order valence-corrected chi connectivity index (χ4v) is 4.20. The van der Waals surface area contributed by atoms with Crippen LogP contribution in [0.25, 0.3) is 0 Å². The van der Waals surface area contributed by atoms with E-state index in [2.05, 4.69) is 61.7 Å². The van der Waals surface area contributed by atoms with Gasteiger partial charge in [0.05, 0.1) is 10.6 Å². The monoisotopic (exact) mass is 378 g/mol. The Morgan fingerprint density at radius 2 is 2.09 bits per heavy atom. The average molecular weight is 379 g/mol. The summed E-state index contributed by atoms with van der Waals surface area (Å²) >= 11 is 5.43. The van der Waals surface area contributed by atoms with Crippen molar-refractivity contribution >= 4 is 33.0 Å². The van der Waals surface area contributed by atoms with Crippen molar-refractivity contribution in [2.45, 2.75) is 12.3 Å². The van der Waals surface area contributed by atoms with E-state index in [0.717, 1.165) is 23.1 Å².